The number of rotatable bonds is 3. The quantitative estimate of drug-likeness (QED) is 0.927. The number of fused-ring (bicyclic) bond motifs is 1. The predicted octanol–water partition coefficient (Wildman–Crippen LogP) is 2.09. The van der Waals surface area contributed by atoms with Crippen molar-refractivity contribution in [3.63, 3.8) is 0 Å². The normalized spacial score (nSPS) is 21.8. The van der Waals surface area contributed by atoms with E-state index in [1.54, 1.807) is 0 Å². The van der Waals surface area contributed by atoms with Gasteiger partial charge in [0.15, 0.2) is 5.78 Å². The van der Waals surface area contributed by atoms with Gasteiger partial charge in [-0.25, -0.2) is 0 Å². The van der Waals surface area contributed by atoms with E-state index in [4.69, 9.17) is 16.3 Å². The number of hydrogen-bond donors (Lipinski definition) is 1. The molecule has 0 radical (unpaired) electrons. The van der Waals surface area contributed by atoms with E-state index in [0.717, 1.165) is 41.3 Å². The lowest BCUT2D eigenvalue weighted by atomic mass is 10.0. The molecule has 1 aromatic carbocycles. The van der Waals surface area contributed by atoms with Crippen molar-refractivity contribution in [1.29, 1.82) is 0 Å². The van der Waals surface area contributed by atoms with Gasteiger partial charge in [-0.1, -0.05) is 11.6 Å². The molecule has 0 amide bonds. The number of ether oxygens (including phenoxy) is 1. The maximum absolute atomic E-state index is 12.3. The van der Waals surface area contributed by atoms with Gasteiger partial charge in [0.2, 0.25) is 0 Å². The van der Waals surface area contributed by atoms with Gasteiger partial charge in [-0.3, -0.25) is 4.79 Å². The van der Waals surface area contributed by atoms with Gasteiger partial charge in [-0.15, -0.1) is 0 Å². The lowest BCUT2D eigenvalue weighted by Gasteiger charge is -2.22. The van der Waals surface area contributed by atoms with Crippen molar-refractivity contribution in [1.82, 2.24) is 5.32 Å². The molecule has 2 aliphatic rings. The van der Waals surface area contributed by atoms with Crippen LogP contribution in [0.4, 0.5) is 0 Å². The zero-order chi connectivity index (χ0) is 13.2. The minimum Gasteiger partial charge on any atom is -0.493 e. The molecule has 3 rings (SSSR count). The van der Waals surface area contributed by atoms with Crippen molar-refractivity contribution in [3.05, 3.63) is 28.3 Å². The number of halogens is 1. The molecule has 19 heavy (non-hydrogen) atoms. The SMILES string of the molecule is O=C(Cc1cc(Cl)cc2c1OCC2)C1CSCCN1. The van der Waals surface area contributed by atoms with E-state index in [0.29, 0.717) is 18.1 Å². The summed E-state index contributed by atoms with van der Waals surface area (Å²) in [5.74, 6) is 3.05. The van der Waals surface area contributed by atoms with Crippen molar-refractivity contribution < 1.29 is 9.53 Å². The van der Waals surface area contributed by atoms with Crippen LogP contribution in [-0.2, 0) is 17.6 Å². The summed E-state index contributed by atoms with van der Waals surface area (Å²) in [4.78, 5) is 12.3. The molecule has 2 heterocycles. The zero-order valence-corrected chi connectivity index (χ0v) is 12.1. The first-order valence-corrected chi connectivity index (χ1v) is 8.05. The third kappa shape index (κ3) is 2.91. The van der Waals surface area contributed by atoms with Crippen molar-refractivity contribution in [2.45, 2.75) is 18.9 Å². The molecule has 2 aliphatic heterocycles. The van der Waals surface area contributed by atoms with Crippen LogP contribution in [0.3, 0.4) is 0 Å². The molecule has 0 saturated carbocycles. The van der Waals surface area contributed by atoms with Crippen molar-refractivity contribution >= 4 is 29.1 Å². The molecule has 1 unspecified atom stereocenters. The lowest BCUT2D eigenvalue weighted by molar-refractivity contribution is -0.119. The minimum atomic E-state index is -0.0326. The average molecular weight is 298 g/mol. The second kappa shape index (κ2) is 5.73. The molecule has 0 spiro atoms. The molecule has 3 nitrogen and oxygen atoms in total. The Hall–Kier alpha value is -0.710. The van der Waals surface area contributed by atoms with Crippen LogP contribution in [-0.4, -0.2) is 36.5 Å². The van der Waals surface area contributed by atoms with Crippen LogP contribution in [0.1, 0.15) is 11.1 Å². The summed E-state index contributed by atoms with van der Waals surface area (Å²) in [6.45, 7) is 1.60. The van der Waals surface area contributed by atoms with E-state index in [-0.39, 0.29) is 11.8 Å². The number of Topliss-reactive ketones (excluding diaryl/α,β-unsaturated/α-hetero) is 1. The largest absolute Gasteiger partial charge is 0.493 e. The number of carbonyl (C=O) groups excluding carboxylic acids is 1. The summed E-state index contributed by atoms with van der Waals surface area (Å²) < 4.78 is 5.64. The predicted molar refractivity (Wildman–Crippen MR) is 78.5 cm³/mol. The van der Waals surface area contributed by atoms with Gasteiger partial charge in [0, 0.05) is 41.5 Å². The number of nitrogens with one attached hydrogen (secondary N) is 1. The number of carbonyl (C=O) groups is 1. The molecule has 0 bridgehead atoms. The summed E-state index contributed by atoms with van der Waals surface area (Å²) in [6.07, 6.45) is 1.29. The van der Waals surface area contributed by atoms with Crippen LogP contribution >= 0.6 is 23.4 Å². The van der Waals surface area contributed by atoms with Crippen molar-refractivity contribution in [2.75, 3.05) is 24.7 Å². The van der Waals surface area contributed by atoms with Gasteiger partial charge in [0.1, 0.15) is 5.75 Å². The Morgan fingerprint density at radius 3 is 3.21 bits per heavy atom. The summed E-state index contributed by atoms with van der Waals surface area (Å²) in [6, 6.07) is 3.77. The second-order valence-corrected chi connectivity index (χ2v) is 6.46. The van der Waals surface area contributed by atoms with Crippen molar-refractivity contribution in [3.8, 4) is 5.75 Å². The van der Waals surface area contributed by atoms with Crippen LogP contribution in [0.15, 0.2) is 12.1 Å². The van der Waals surface area contributed by atoms with E-state index in [1.165, 1.54) is 0 Å². The molecule has 1 aromatic rings. The number of ketones is 1. The topological polar surface area (TPSA) is 38.3 Å². The summed E-state index contributed by atoms with van der Waals surface area (Å²) in [5, 5.41) is 3.97. The molecule has 0 aromatic heterocycles. The standard InChI is InChI=1S/C14H16ClNO2S/c15-11-5-9-1-3-18-14(9)10(6-11)7-13(17)12-8-19-4-2-16-12/h5-6,12,16H,1-4,7-8H2. The molecular formula is C14H16ClNO2S. The minimum absolute atomic E-state index is 0.0326. The van der Waals surface area contributed by atoms with Gasteiger partial charge in [-0.05, 0) is 17.7 Å². The van der Waals surface area contributed by atoms with E-state index in [1.807, 2.05) is 23.9 Å². The van der Waals surface area contributed by atoms with Crippen LogP contribution < -0.4 is 10.1 Å². The van der Waals surface area contributed by atoms with Crippen molar-refractivity contribution in [2.24, 2.45) is 0 Å². The molecule has 1 atom stereocenters. The Morgan fingerprint density at radius 1 is 1.53 bits per heavy atom. The van der Waals surface area contributed by atoms with Crippen LogP contribution in [0.2, 0.25) is 5.02 Å². The van der Waals surface area contributed by atoms with E-state index in [2.05, 4.69) is 5.32 Å². The van der Waals surface area contributed by atoms with Gasteiger partial charge >= 0.3 is 0 Å². The molecule has 5 heteroatoms. The molecule has 0 aliphatic carbocycles. The third-order valence-electron chi connectivity index (χ3n) is 3.50. The highest BCUT2D eigenvalue weighted by atomic mass is 35.5. The highest BCUT2D eigenvalue weighted by Crippen LogP contribution is 2.33. The second-order valence-electron chi connectivity index (χ2n) is 4.88. The first kappa shape index (κ1) is 13.3. The van der Waals surface area contributed by atoms with Crippen LogP contribution in [0, 0.1) is 0 Å². The van der Waals surface area contributed by atoms with Gasteiger partial charge < -0.3 is 10.1 Å². The summed E-state index contributed by atoms with van der Waals surface area (Å²) in [5.41, 5.74) is 2.06. The smallest absolute Gasteiger partial charge is 0.155 e. The number of hydrogen-bond acceptors (Lipinski definition) is 4. The highest BCUT2D eigenvalue weighted by molar-refractivity contribution is 7.99. The Kier molecular flexibility index (Phi) is 4.01. The summed E-state index contributed by atoms with van der Waals surface area (Å²) >= 11 is 7.94. The number of thioether (sulfide) groups is 1. The first-order valence-electron chi connectivity index (χ1n) is 6.52. The Morgan fingerprint density at radius 2 is 2.42 bits per heavy atom. The molecule has 1 N–H and O–H groups in total. The van der Waals surface area contributed by atoms with Gasteiger partial charge in [0.05, 0.1) is 12.6 Å². The van der Waals surface area contributed by atoms with Crippen LogP contribution in [0.25, 0.3) is 0 Å². The maximum atomic E-state index is 12.3. The van der Waals surface area contributed by atoms with E-state index >= 15 is 0 Å². The zero-order valence-electron chi connectivity index (χ0n) is 10.6. The third-order valence-corrected chi connectivity index (χ3v) is 4.78. The maximum Gasteiger partial charge on any atom is 0.155 e. The fourth-order valence-corrected chi connectivity index (χ4v) is 3.79. The number of benzene rings is 1. The lowest BCUT2D eigenvalue weighted by Crippen LogP contribution is -2.44. The Bertz CT molecular complexity index is 500. The monoisotopic (exact) mass is 297 g/mol. The van der Waals surface area contributed by atoms with E-state index in [9.17, 15) is 4.79 Å². The summed E-state index contributed by atoms with van der Waals surface area (Å²) in [7, 11) is 0. The first-order chi connectivity index (χ1) is 9.24. The average Bonchev–Trinajstić information content (AvgIpc) is 2.88. The van der Waals surface area contributed by atoms with E-state index < -0.39 is 0 Å². The Balaban J connectivity index is 1.77. The fraction of sp³-hybridized carbons (Fsp3) is 0.500. The highest BCUT2D eigenvalue weighted by Gasteiger charge is 2.24. The molecule has 102 valence electrons. The molecule has 1 fully saturated rings. The van der Waals surface area contributed by atoms with Gasteiger partial charge in [0.25, 0.3) is 0 Å². The Labute approximate surface area is 122 Å². The molecule has 1 saturated heterocycles. The van der Waals surface area contributed by atoms with Gasteiger partial charge in [-0.2, -0.15) is 11.8 Å². The molecular weight excluding hydrogens is 282 g/mol. The fourth-order valence-electron chi connectivity index (χ4n) is 2.56. The van der Waals surface area contributed by atoms with Crippen LogP contribution in [0.5, 0.6) is 5.75 Å².